The molecule has 8 nitrogen and oxygen atoms in total. The van der Waals surface area contributed by atoms with Gasteiger partial charge in [0, 0.05) is 37.2 Å². The Morgan fingerprint density at radius 1 is 1.31 bits per heavy atom. The first kappa shape index (κ1) is 15.4. The number of anilines is 3. The van der Waals surface area contributed by atoms with Crippen molar-refractivity contribution in [2.75, 3.05) is 24.3 Å². The molecule has 26 heavy (non-hydrogen) atoms. The molecule has 5 heterocycles. The van der Waals surface area contributed by atoms with Gasteiger partial charge in [-0.3, -0.25) is 14.2 Å². The van der Waals surface area contributed by atoms with Crippen molar-refractivity contribution in [1.29, 1.82) is 0 Å². The molecule has 0 saturated carbocycles. The number of carbonyl (C=O) groups is 1. The summed E-state index contributed by atoms with van der Waals surface area (Å²) in [6, 6.07) is 1.73. The molecule has 2 aromatic rings. The summed E-state index contributed by atoms with van der Waals surface area (Å²) >= 11 is 0. The highest BCUT2D eigenvalue weighted by atomic mass is 16.5. The number of hydrogen-bond acceptors (Lipinski definition) is 6. The average Bonchev–Trinajstić information content (AvgIpc) is 2.91. The topological polar surface area (TPSA) is 111 Å². The second kappa shape index (κ2) is 5.07. The van der Waals surface area contributed by atoms with Crippen LogP contribution in [0.2, 0.25) is 0 Å². The zero-order valence-corrected chi connectivity index (χ0v) is 14.4. The Morgan fingerprint density at radius 2 is 2.08 bits per heavy atom. The molecule has 5 rings (SSSR count). The van der Waals surface area contributed by atoms with Crippen LogP contribution in [0, 0.1) is 6.92 Å². The van der Waals surface area contributed by atoms with E-state index < -0.39 is 5.66 Å². The quantitative estimate of drug-likeness (QED) is 0.556. The van der Waals surface area contributed by atoms with Crippen molar-refractivity contribution in [3.05, 3.63) is 45.0 Å². The number of ether oxygens (including phenoxy) is 1. The number of rotatable bonds is 0. The van der Waals surface area contributed by atoms with Gasteiger partial charge in [0.15, 0.2) is 0 Å². The summed E-state index contributed by atoms with van der Waals surface area (Å²) in [5, 5.41) is 6.29. The largest absolute Gasteiger partial charge is 0.384 e. The molecule has 1 amide bonds. The molecule has 134 valence electrons. The third kappa shape index (κ3) is 1.90. The van der Waals surface area contributed by atoms with E-state index in [0.717, 1.165) is 22.4 Å². The van der Waals surface area contributed by atoms with Crippen LogP contribution in [0.3, 0.4) is 0 Å². The van der Waals surface area contributed by atoms with Gasteiger partial charge in [0.1, 0.15) is 22.9 Å². The molecule has 0 aromatic carbocycles. The van der Waals surface area contributed by atoms with Crippen LogP contribution in [0.25, 0.3) is 0 Å². The summed E-state index contributed by atoms with van der Waals surface area (Å²) in [5.74, 6) is 0.209. The van der Waals surface area contributed by atoms with Crippen molar-refractivity contribution in [2.45, 2.75) is 31.8 Å². The Morgan fingerprint density at radius 3 is 2.85 bits per heavy atom. The molecule has 8 heteroatoms. The van der Waals surface area contributed by atoms with E-state index in [-0.39, 0.29) is 11.5 Å². The van der Waals surface area contributed by atoms with Crippen molar-refractivity contribution >= 4 is 23.1 Å². The first-order valence-electron chi connectivity index (χ1n) is 8.71. The van der Waals surface area contributed by atoms with E-state index in [1.165, 1.54) is 0 Å². The molecule has 4 N–H and O–H groups in total. The Kier molecular flexibility index (Phi) is 3.00. The molecule has 1 fully saturated rings. The normalized spacial score (nSPS) is 19.3. The fourth-order valence-electron chi connectivity index (χ4n) is 4.34. The number of pyridine rings is 2. The summed E-state index contributed by atoms with van der Waals surface area (Å²) in [6.45, 7) is 2.93. The molecular formula is C18H19N5O3. The summed E-state index contributed by atoms with van der Waals surface area (Å²) in [6.07, 6.45) is 3.42. The standard InChI is InChI=1S/C18H19N5O3/c1-9-11-6-10-8-20-13(19)7-12(10)21-14(11)17(25)23-15(9)16(24)22-18(23)2-4-26-5-3-18/h7-8,21H,2-6H2,1H3,(H2,19,20)(H,22,24). The summed E-state index contributed by atoms with van der Waals surface area (Å²) < 4.78 is 7.09. The number of fused-ring (bicyclic) bond motifs is 4. The molecule has 2 aromatic heterocycles. The van der Waals surface area contributed by atoms with E-state index in [1.54, 1.807) is 16.8 Å². The molecule has 3 aliphatic rings. The van der Waals surface area contributed by atoms with Crippen molar-refractivity contribution in [1.82, 2.24) is 14.9 Å². The van der Waals surface area contributed by atoms with Crippen LogP contribution in [0.4, 0.5) is 17.2 Å². The van der Waals surface area contributed by atoms with Gasteiger partial charge in [0.05, 0.1) is 13.2 Å². The third-order valence-corrected chi connectivity index (χ3v) is 5.69. The summed E-state index contributed by atoms with van der Waals surface area (Å²) in [5.41, 5.74) is 9.32. The van der Waals surface area contributed by atoms with E-state index in [1.807, 2.05) is 6.92 Å². The SMILES string of the molecule is Cc1c2c(c(=O)n3c1C(=O)NC31CCOCC1)Nc1cc(N)ncc1C2. The zero-order valence-electron chi connectivity index (χ0n) is 14.4. The molecule has 0 bridgehead atoms. The molecule has 0 radical (unpaired) electrons. The minimum absolute atomic E-state index is 0.179. The summed E-state index contributed by atoms with van der Waals surface area (Å²) in [7, 11) is 0. The first-order chi connectivity index (χ1) is 12.5. The number of carbonyl (C=O) groups excluding carboxylic acids is 1. The number of hydrogen-bond donors (Lipinski definition) is 3. The van der Waals surface area contributed by atoms with E-state index in [2.05, 4.69) is 15.6 Å². The number of nitrogens with zero attached hydrogens (tertiary/aromatic N) is 2. The van der Waals surface area contributed by atoms with E-state index in [9.17, 15) is 9.59 Å². The second-order valence-electron chi connectivity index (χ2n) is 7.13. The van der Waals surface area contributed by atoms with Crippen molar-refractivity contribution < 1.29 is 9.53 Å². The van der Waals surface area contributed by atoms with Gasteiger partial charge in [-0.25, -0.2) is 4.98 Å². The van der Waals surface area contributed by atoms with Gasteiger partial charge >= 0.3 is 0 Å². The minimum Gasteiger partial charge on any atom is -0.384 e. The van der Waals surface area contributed by atoms with Crippen molar-refractivity contribution in [3.63, 3.8) is 0 Å². The van der Waals surface area contributed by atoms with Crippen molar-refractivity contribution in [2.24, 2.45) is 0 Å². The molecule has 0 atom stereocenters. The second-order valence-corrected chi connectivity index (χ2v) is 7.13. The molecule has 1 saturated heterocycles. The van der Waals surface area contributed by atoms with Crippen LogP contribution in [0.5, 0.6) is 0 Å². The van der Waals surface area contributed by atoms with Gasteiger partial charge in [-0.1, -0.05) is 0 Å². The van der Waals surface area contributed by atoms with Gasteiger partial charge in [-0.15, -0.1) is 0 Å². The van der Waals surface area contributed by atoms with Crippen LogP contribution in [0.15, 0.2) is 17.1 Å². The Bertz CT molecular complexity index is 1020. The molecule has 3 aliphatic heterocycles. The first-order valence-corrected chi connectivity index (χ1v) is 8.71. The van der Waals surface area contributed by atoms with Gasteiger partial charge in [-0.05, 0) is 23.6 Å². The lowest BCUT2D eigenvalue weighted by atomic mass is 9.93. The third-order valence-electron chi connectivity index (χ3n) is 5.69. The zero-order chi connectivity index (χ0) is 18.1. The fraction of sp³-hybridized carbons (Fsp3) is 0.389. The maximum atomic E-state index is 13.4. The highest BCUT2D eigenvalue weighted by Crippen LogP contribution is 2.38. The van der Waals surface area contributed by atoms with Gasteiger partial charge < -0.3 is 21.1 Å². The predicted molar refractivity (Wildman–Crippen MR) is 95.7 cm³/mol. The highest BCUT2D eigenvalue weighted by molar-refractivity contribution is 5.98. The van der Waals surface area contributed by atoms with E-state index in [0.29, 0.717) is 49.7 Å². The molecule has 1 spiro atoms. The van der Waals surface area contributed by atoms with Crippen LogP contribution >= 0.6 is 0 Å². The number of aromatic nitrogens is 2. The lowest BCUT2D eigenvalue weighted by molar-refractivity contribution is 0.0120. The number of nitrogen functional groups attached to an aromatic ring is 1. The van der Waals surface area contributed by atoms with Gasteiger partial charge in [-0.2, -0.15) is 0 Å². The molecular weight excluding hydrogens is 334 g/mol. The Labute approximate surface area is 149 Å². The van der Waals surface area contributed by atoms with Crippen LogP contribution < -0.4 is 21.9 Å². The Balaban J connectivity index is 1.75. The maximum absolute atomic E-state index is 13.4. The minimum atomic E-state index is -0.694. The van der Waals surface area contributed by atoms with Crippen LogP contribution in [-0.2, 0) is 16.8 Å². The highest BCUT2D eigenvalue weighted by Gasteiger charge is 2.46. The molecule has 0 aliphatic carbocycles. The fourth-order valence-corrected chi connectivity index (χ4v) is 4.34. The predicted octanol–water partition coefficient (Wildman–Crippen LogP) is 0.988. The average molecular weight is 353 g/mol. The molecule has 0 unspecified atom stereocenters. The number of nitrogens with one attached hydrogen (secondary N) is 2. The lowest BCUT2D eigenvalue weighted by Crippen LogP contribution is -2.51. The smallest absolute Gasteiger partial charge is 0.277 e. The van der Waals surface area contributed by atoms with Gasteiger partial charge in [0.2, 0.25) is 0 Å². The monoisotopic (exact) mass is 353 g/mol. The lowest BCUT2D eigenvalue weighted by Gasteiger charge is -2.36. The van der Waals surface area contributed by atoms with E-state index >= 15 is 0 Å². The van der Waals surface area contributed by atoms with Crippen LogP contribution in [-0.4, -0.2) is 28.7 Å². The number of nitrogens with two attached hydrogens (primary N) is 1. The van der Waals surface area contributed by atoms with Crippen molar-refractivity contribution in [3.8, 4) is 0 Å². The van der Waals surface area contributed by atoms with E-state index in [4.69, 9.17) is 10.5 Å². The van der Waals surface area contributed by atoms with Crippen LogP contribution in [0.1, 0.15) is 40.0 Å². The number of amides is 1. The summed E-state index contributed by atoms with van der Waals surface area (Å²) in [4.78, 5) is 30.3. The Hall–Kier alpha value is -2.87. The van der Waals surface area contributed by atoms with Gasteiger partial charge in [0.25, 0.3) is 11.5 Å². The maximum Gasteiger partial charge on any atom is 0.277 e.